The number of benzene rings is 2. The van der Waals surface area contributed by atoms with E-state index >= 15 is 0 Å². The first-order valence-corrected chi connectivity index (χ1v) is 6.50. The molecule has 3 nitrogen and oxygen atoms in total. The summed E-state index contributed by atoms with van der Waals surface area (Å²) in [5, 5.41) is 0. The summed E-state index contributed by atoms with van der Waals surface area (Å²) < 4.78 is 5.36. The van der Waals surface area contributed by atoms with Gasteiger partial charge in [0.1, 0.15) is 5.75 Å². The maximum Gasteiger partial charge on any atom is 0.199 e. The second-order valence-electron chi connectivity index (χ2n) is 5.08. The monoisotopic (exact) mass is 269 g/mol. The molecule has 0 aliphatic rings. The number of rotatable bonds is 3. The molecule has 2 rings (SSSR count). The zero-order chi connectivity index (χ0) is 14.9. The van der Waals surface area contributed by atoms with Crippen molar-refractivity contribution >= 4 is 11.5 Å². The molecule has 0 atom stereocenters. The van der Waals surface area contributed by atoms with E-state index < -0.39 is 0 Å². The topological polar surface area (TPSA) is 52.3 Å². The standard InChI is InChI=1S/C17H19NO2/c1-10-5-6-14(18)13(8-10)17(19)16-12(3)7-11(2)9-15(16)20-4/h5-9H,18H2,1-4H3. The van der Waals surface area contributed by atoms with E-state index in [4.69, 9.17) is 10.5 Å². The number of carbonyl (C=O) groups is 1. The molecule has 2 aromatic rings. The van der Waals surface area contributed by atoms with Crippen LogP contribution in [0.4, 0.5) is 5.69 Å². The van der Waals surface area contributed by atoms with Crippen LogP contribution in [0.2, 0.25) is 0 Å². The summed E-state index contributed by atoms with van der Waals surface area (Å²) in [4.78, 5) is 12.8. The molecule has 0 fully saturated rings. The molecule has 0 bridgehead atoms. The summed E-state index contributed by atoms with van der Waals surface area (Å²) in [6.07, 6.45) is 0. The molecular formula is C17H19NO2. The molecule has 20 heavy (non-hydrogen) atoms. The van der Waals surface area contributed by atoms with Gasteiger partial charge in [0.25, 0.3) is 0 Å². The summed E-state index contributed by atoms with van der Waals surface area (Å²) >= 11 is 0. The van der Waals surface area contributed by atoms with Gasteiger partial charge in [0.15, 0.2) is 5.78 Å². The van der Waals surface area contributed by atoms with E-state index in [1.807, 2.05) is 45.0 Å². The molecule has 0 aromatic heterocycles. The van der Waals surface area contributed by atoms with Crippen LogP contribution in [0, 0.1) is 20.8 Å². The molecule has 0 spiro atoms. The van der Waals surface area contributed by atoms with Gasteiger partial charge in [-0.2, -0.15) is 0 Å². The highest BCUT2D eigenvalue weighted by molar-refractivity contribution is 6.14. The first-order chi connectivity index (χ1) is 9.43. The van der Waals surface area contributed by atoms with Crippen molar-refractivity contribution in [3.05, 3.63) is 58.1 Å². The first kappa shape index (κ1) is 14.1. The van der Waals surface area contributed by atoms with Gasteiger partial charge in [-0.1, -0.05) is 17.7 Å². The van der Waals surface area contributed by atoms with Crippen molar-refractivity contribution in [1.82, 2.24) is 0 Å². The van der Waals surface area contributed by atoms with Gasteiger partial charge in [-0.05, 0) is 50.1 Å². The Morgan fingerprint density at radius 2 is 1.75 bits per heavy atom. The quantitative estimate of drug-likeness (QED) is 0.686. The van der Waals surface area contributed by atoms with Crippen molar-refractivity contribution in [3.63, 3.8) is 0 Å². The smallest absolute Gasteiger partial charge is 0.199 e. The Morgan fingerprint density at radius 1 is 1.05 bits per heavy atom. The Kier molecular flexibility index (Phi) is 3.79. The van der Waals surface area contributed by atoms with E-state index in [1.165, 1.54) is 0 Å². The number of hydrogen-bond acceptors (Lipinski definition) is 3. The lowest BCUT2D eigenvalue weighted by Crippen LogP contribution is -2.09. The van der Waals surface area contributed by atoms with Gasteiger partial charge < -0.3 is 10.5 Å². The average molecular weight is 269 g/mol. The van der Waals surface area contributed by atoms with E-state index in [0.29, 0.717) is 22.6 Å². The number of nitrogen functional groups attached to an aromatic ring is 1. The Bertz CT molecular complexity index is 675. The number of anilines is 1. The molecule has 0 aliphatic carbocycles. The minimum atomic E-state index is -0.0967. The number of hydrogen-bond donors (Lipinski definition) is 1. The minimum Gasteiger partial charge on any atom is -0.496 e. The van der Waals surface area contributed by atoms with Crippen molar-refractivity contribution in [3.8, 4) is 5.75 Å². The van der Waals surface area contributed by atoms with Crippen molar-refractivity contribution in [2.75, 3.05) is 12.8 Å². The Labute approximate surface area is 119 Å². The fraction of sp³-hybridized carbons (Fsp3) is 0.235. The summed E-state index contributed by atoms with van der Waals surface area (Å²) in [5.41, 5.74) is 10.5. The largest absolute Gasteiger partial charge is 0.496 e. The number of aryl methyl sites for hydroxylation is 3. The molecule has 2 aromatic carbocycles. The predicted molar refractivity (Wildman–Crippen MR) is 81.5 cm³/mol. The van der Waals surface area contributed by atoms with Crippen LogP contribution in [-0.2, 0) is 0 Å². The summed E-state index contributed by atoms with van der Waals surface area (Å²) in [6, 6.07) is 9.31. The molecule has 0 heterocycles. The second-order valence-corrected chi connectivity index (χ2v) is 5.08. The van der Waals surface area contributed by atoms with Crippen LogP contribution in [-0.4, -0.2) is 12.9 Å². The molecular weight excluding hydrogens is 250 g/mol. The maximum absolute atomic E-state index is 12.8. The van der Waals surface area contributed by atoms with Gasteiger partial charge in [-0.3, -0.25) is 4.79 Å². The fourth-order valence-corrected chi connectivity index (χ4v) is 2.38. The highest BCUT2D eigenvalue weighted by atomic mass is 16.5. The van der Waals surface area contributed by atoms with E-state index in [-0.39, 0.29) is 5.78 Å². The van der Waals surface area contributed by atoms with Crippen molar-refractivity contribution < 1.29 is 9.53 Å². The van der Waals surface area contributed by atoms with Crippen LogP contribution in [0.1, 0.15) is 32.6 Å². The van der Waals surface area contributed by atoms with Crippen LogP contribution in [0.3, 0.4) is 0 Å². The van der Waals surface area contributed by atoms with Crippen molar-refractivity contribution in [1.29, 1.82) is 0 Å². The molecule has 0 aliphatic heterocycles. The number of carbonyl (C=O) groups excluding carboxylic acids is 1. The molecule has 104 valence electrons. The van der Waals surface area contributed by atoms with Crippen molar-refractivity contribution in [2.45, 2.75) is 20.8 Å². The van der Waals surface area contributed by atoms with Crippen LogP contribution in [0.25, 0.3) is 0 Å². The lowest BCUT2D eigenvalue weighted by atomic mass is 9.94. The molecule has 0 saturated heterocycles. The van der Waals surface area contributed by atoms with E-state index in [9.17, 15) is 4.79 Å². The number of nitrogens with two attached hydrogens (primary N) is 1. The predicted octanol–water partition coefficient (Wildman–Crippen LogP) is 3.43. The normalized spacial score (nSPS) is 10.4. The highest BCUT2D eigenvalue weighted by Crippen LogP contribution is 2.28. The van der Waals surface area contributed by atoms with Crippen LogP contribution in [0.5, 0.6) is 5.75 Å². The number of ketones is 1. The molecule has 0 amide bonds. The van der Waals surface area contributed by atoms with Gasteiger partial charge in [0, 0.05) is 11.3 Å². The first-order valence-electron chi connectivity index (χ1n) is 6.50. The number of methoxy groups -OCH3 is 1. The minimum absolute atomic E-state index is 0.0967. The van der Waals surface area contributed by atoms with Gasteiger partial charge in [-0.25, -0.2) is 0 Å². The van der Waals surface area contributed by atoms with Crippen LogP contribution >= 0.6 is 0 Å². The average Bonchev–Trinajstić information content (AvgIpc) is 2.40. The summed E-state index contributed by atoms with van der Waals surface area (Å²) in [5.74, 6) is 0.494. The Hall–Kier alpha value is -2.29. The Morgan fingerprint density at radius 3 is 2.40 bits per heavy atom. The number of ether oxygens (including phenoxy) is 1. The molecule has 0 unspecified atom stereocenters. The lowest BCUT2D eigenvalue weighted by molar-refractivity contribution is 0.103. The SMILES string of the molecule is COc1cc(C)cc(C)c1C(=O)c1cc(C)ccc1N. The lowest BCUT2D eigenvalue weighted by Gasteiger charge is -2.13. The third kappa shape index (κ3) is 2.52. The van der Waals surface area contributed by atoms with Crippen molar-refractivity contribution in [2.24, 2.45) is 0 Å². The van der Waals surface area contributed by atoms with Gasteiger partial charge in [-0.15, -0.1) is 0 Å². The summed E-state index contributed by atoms with van der Waals surface area (Å²) in [6.45, 7) is 5.83. The fourth-order valence-electron chi connectivity index (χ4n) is 2.38. The zero-order valence-corrected chi connectivity index (χ0v) is 12.3. The third-order valence-electron chi connectivity index (χ3n) is 3.34. The van der Waals surface area contributed by atoms with E-state index in [2.05, 4.69) is 0 Å². The second kappa shape index (κ2) is 5.37. The van der Waals surface area contributed by atoms with E-state index in [0.717, 1.165) is 16.7 Å². The van der Waals surface area contributed by atoms with Gasteiger partial charge >= 0.3 is 0 Å². The third-order valence-corrected chi connectivity index (χ3v) is 3.34. The molecule has 3 heteroatoms. The molecule has 2 N–H and O–H groups in total. The Balaban J connectivity index is 2.62. The van der Waals surface area contributed by atoms with E-state index in [1.54, 1.807) is 13.2 Å². The zero-order valence-electron chi connectivity index (χ0n) is 12.3. The van der Waals surface area contributed by atoms with Crippen LogP contribution in [0.15, 0.2) is 30.3 Å². The molecule has 0 saturated carbocycles. The summed E-state index contributed by atoms with van der Waals surface area (Å²) in [7, 11) is 1.57. The molecule has 0 radical (unpaired) electrons. The van der Waals surface area contributed by atoms with Gasteiger partial charge in [0.2, 0.25) is 0 Å². The van der Waals surface area contributed by atoms with Gasteiger partial charge in [0.05, 0.1) is 12.7 Å². The highest BCUT2D eigenvalue weighted by Gasteiger charge is 2.19. The maximum atomic E-state index is 12.8. The van der Waals surface area contributed by atoms with Crippen LogP contribution < -0.4 is 10.5 Å².